The second-order valence-electron chi connectivity index (χ2n) is 7.93. The van der Waals surface area contributed by atoms with Gasteiger partial charge in [-0.2, -0.15) is 0 Å². The van der Waals surface area contributed by atoms with Crippen molar-refractivity contribution in [1.29, 1.82) is 0 Å². The van der Waals surface area contributed by atoms with Crippen molar-refractivity contribution in [1.82, 2.24) is 4.98 Å². The highest BCUT2D eigenvalue weighted by Crippen LogP contribution is 2.48. The van der Waals surface area contributed by atoms with Gasteiger partial charge in [0, 0.05) is 17.2 Å². The first-order valence-corrected chi connectivity index (χ1v) is 10.7. The standard InChI is InChI=1S/C25H22N2OS/c1-15-10-16(2)12-18(11-15)20-14-21(20)24(28)26-19-7-5-6-17(13-19)25-27-22-8-3-4-9-23(22)29-25/h3-13,20-21H,14H2,1-2H3,(H,26,28). The lowest BCUT2D eigenvalue weighted by molar-refractivity contribution is -0.117. The Hall–Kier alpha value is -2.98. The van der Waals surface area contributed by atoms with Gasteiger partial charge >= 0.3 is 0 Å². The Morgan fingerprint density at radius 1 is 1.00 bits per heavy atom. The molecule has 3 nitrogen and oxygen atoms in total. The van der Waals surface area contributed by atoms with Crippen LogP contribution >= 0.6 is 11.3 Å². The van der Waals surface area contributed by atoms with Gasteiger partial charge in [-0.15, -0.1) is 11.3 Å². The number of nitrogens with one attached hydrogen (secondary N) is 1. The molecule has 3 aromatic carbocycles. The minimum absolute atomic E-state index is 0.0577. The van der Waals surface area contributed by atoms with E-state index < -0.39 is 0 Å². The summed E-state index contributed by atoms with van der Waals surface area (Å²) in [5.74, 6) is 0.499. The molecule has 1 heterocycles. The maximum absolute atomic E-state index is 12.8. The normalized spacial score (nSPS) is 18.0. The van der Waals surface area contributed by atoms with Gasteiger partial charge in [0.05, 0.1) is 10.2 Å². The number of para-hydroxylation sites is 1. The van der Waals surface area contributed by atoms with Crippen molar-refractivity contribution in [2.75, 3.05) is 5.32 Å². The number of nitrogens with zero attached hydrogens (tertiary/aromatic N) is 1. The summed E-state index contributed by atoms with van der Waals surface area (Å²) in [7, 11) is 0. The molecule has 5 rings (SSSR count). The molecule has 1 aromatic heterocycles. The molecule has 0 spiro atoms. The van der Waals surface area contributed by atoms with Gasteiger partial charge in [0.2, 0.25) is 5.91 Å². The number of hydrogen-bond donors (Lipinski definition) is 1. The number of carbonyl (C=O) groups excluding carboxylic acids is 1. The average molecular weight is 399 g/mol. The Labute approximate surface area is 174 Å². The Bertz CT molecular complexity index is 1170. The molecule has 1 aliphatic carbocycles. The average Bonchev–Trinajstić information content (AvgIpc) is 3.39. The van der Waals surface area contributed by atoms with E-state index in [4.69, 9.17) is 4.98 Å². The molecule has 29 heavy (non-hydrogen) atoms. The number of carbonyl (C=O) groups is 1. The molecule has 2 atom stereocenters. The molecular formula is C25H22N2OS. The molecule has 144 valence electrons. The van der Waals surface area contributed by atoms with Gasteiger partial charge in [0.15, 0.2) is 0 Å². The molecule has 4 heteroatoms. The lowest BCUT2D eigenvalue weighted by atomic mass is 10.0. The summed E-state index contributed by atoms with van der Waals surface area (Å²) < 4.78 is 1.17. The van der Waals surface area contributed by atoms with Crippen LogP contribution in [0.4, 0.5) is 5.69 Å². The second-order valence-corrected chi connectivity index (χ2v) is 8.96. The molecule has 1 fully saturated rings. The molecule has 1 amide bonds. The number of benzene rings is 3. The van der Waals surface area contributed by atoms with Crippen LogP contribution in [0.5, 0.6) is 0 Å². The molecule has 1 saturated carbocycles. The van der Waals surface area contributed by atoms with Gasteiger partial charge in [0.25, 0.3) is 0 Å². The first kappa shape index (κ1) is 18.1. The molecule has 0 saturated heterocycles. The fraction of sp³-hybridized carbons (Fsp3) is 0.200. The Morgan fingerprint density at radius 3 is 2.59 bits per heavy atom. The summed E-state index contributed by atoms with van der Waals surface area (Å²) in [6.45, 7) is 4.23. The summed E-state index contributed by atoms with van der Waals surface area (Å²) in [6, 6.07) is 22.7. The fourth-order valence-electron chi connectivity index (χ4n) is 4.04. The van der Waals surface area contributed by atoms with E-state index in [1.807, 2.05) is 42.5 Å². The van der Waals surface area contributed by atoms with Crippen molar-refractivity contribution in [3.05, 3.63) is 83.4 Å². The van der Waals surface area contributed by atoms with E-state index in [9.17, 15) is 4.79 Å². The molecule has 0 bridgehead atoms. The largest absolute Gasteiger partial charge is 0.326 e. The van der Waals surface area contributed by atoms with Gasteiger partial charge in [0.1, 0.15) is 5.01 Å². The van der Waals surface area contributed by atoms with E-state index in [0.29, 0.717) is 5.92 Å². The van der Waals surface area contributed by atoms with Crippen molar-refractivity contribution < 1.29 is 4.79 Å². The van der Waals surface area contributed by atoms with Gasteiger partial charge in [-0.3, -0.25) is 4.79 Å². The summed E-state index contributed by atoms with van der Waals surface area (Å²) in [6.07, 6.45) is 0.923. The number of thiazole rings is 1. The third-order valence-electron chi connectivity index (χ3n) is 5.47. The van der Waals surface area contributed by atoms with Gasteiger partial charge < -0.3 is 5.32 Å². The van der Waals surface area contributed by atoms with E-state index in [1.165, 1.54) is 21.4 Å². The SMILES string of the molecule is Cc1cc(C)cc(C2CC2C(=O)Nc2cccc(-c3nc4ccccc4s3)c2)c1. The number of rotatable bonds is 4. The summed E-state index contributed by atoms with van der Waals surface area (Å²) >= 11 is 1.67. The molecule has 0 aliphatic heterocycles. The van der Waals surface area contributed by atoms with Crippen LogP contribution in [0.2, 0.25) is 0 Å². The predicted octanol–water partition coefficient (Wildman–Crippen LogP) is 6.32. The zero-order valence-corrected chi connectivity index (χ0v) is 17.3. The van der Waals surface area contributed by atoms with Crippen LogP contribution in [-0.4, -0.2) is 10.9 Å². The van der Waals surface area contributed by atoms with Crippen LogP contribution < -0.4 is 5.32 Å². The number of amides is 1. The highest BCUT2D eigenvalue weighted by Gasteiger charge is 2.44. The zero-order chi connectivity index (χ0) is 20.0. The summed E-state index contributed by atoms with van der Waals surface area (Å²) in [5, 5.41) is 4.09. The third kappa shape index (κ3) is 3.68. The highest BCUT2D eigenvalue weighted by atomic mass is 32.1. The summed E-state index contributed by atoms with van der Waals surface area (Å²) in [5.41, 5.74) is 6.68. The van der Waals surface area contributed by atoms with Gasteiger partial charge in [-0.1, -0.05) is 53.6 Å². The molecule has 1 N–H and O–H groups in total. The highest BCUT2D eigenvalue weighted by molar-refractivity contribution is 7.21. The van der Waals surface area contributed by atoms with Crippen molar-refractivity contribution >= 4 is 33.1 Å². The van der Waals surface area contributed by atoms with E-state index in [1.54, 1.807) is 11.3 Å². The van der Waals surface area contributed by atoms with E-state index in [-0.39, 0.29) is 11.8 Å². The third-order valence-corrected chi connectivity index (χ3v) is 6.56. The fourth-order valence-corrected chi connectivity index (χ4v) is 5.00. The zero-order valence-electron chi connectivity index (χ0n) is 16.5. The van der Waals surface area contributed by atoms with Crippen LogP contribution in [-0.2, 0) is 4.79 Å². The molecular weight excluding hydrogens is 376 g/mol. The van der Waals surface area contributed by atoms with Crippen molar-refractivity contribution in [2.24, 2.45) is 5.92 Å². The first-order valence-electron chi connectivity index (χ1n) is 9.92. The first-order chi connectivity index (χ1) is 14.1. The topological polar surface area (TPSA) is 42.0 Å². The smallest absolute Gasteiger partial charge is 0.228 e. The number of aryl methyl sites for hydroxylation is 2. The minimum Gasteiger partial charge on any atom is -0.326 e. The molecule has 2 unspecified atom stereocenters. The van der Waals surface area contributed by atoms with Gasteiger partial charge in [-0.25, -0.2) is 4.98 Å². The van der Waals surface area contributed by atoms with E-state index >= 15 is 0 Å². The lowest BCUT2D eigenvalue weighted by Crippen LogP contribution is -2.14. The number of anilines is 1. The maximum Gasteiger partial charge on any atom is 0.228 e. The Balaban J connectivity index is 1.32. The predicted molar refractivity (Wildman–Crippen MR) is 120 cm³/mol. The van der Waals surface area contributed by atoms with Gasteiger partial charge in [-0.05, 0) is 56.0 Å². The molecule has 0 radical (unpaired) electrons. The number of fused-ring (bicyclic) bond motifs is 1. The van der Waals surface area contributed by atoms with E-state index in [2.05, 4.69) is 43.4 Å². The molecule has 1 aliphatic rings. The molecule has 4 aromatic rings. The van der Waals surface area contributed by atoms with E-state index in [0.717, 1.165) is 28.2 Å². The van der Waals surface area contributed by atoms with Crippen LogP contribution in [0, 0.1) is 19.8 Å². The lowest BCUT2D eigenvalue weighted by Gasteiger charge is -2.07. The number of hydrogen-bond acceptors (Lipinski definition) is 3. The van der Waals surface area contributed by atoms with Crippen LogP contribution in [0.25, 0.3) is 20.8 Å². The quantitative estimate of drug-likeness (QED) is 0.437. The van der Waals surface area contributed by atoms with Crippen LogP contribution in [0.1, 0.15) is 29.0 Å². The minimum atomic E-state index is 0.0577. The maximum atomic E-state index is 12.8. The number of aromatic nitrogens is 1. The van der Waals surface area contributed by atoms with Crippen molar-refractivity contribution in [2.45, 2.75) is 26.2 Å². The Morgan fingerprint density at radius 2 is 1.79 bits per heavy atom. The van der Waals surface area contributed by atoms with Crippen molar-refractivity contribution in [3.63, 3.8) is 0 Å². The van der Waals surface area contributed by atoms with Crippen LogP contribution in [0.3, 0.4) is 0 Å². The van der Waals surface area contributed by atoms with Crippen molar-refractivity contribution in [3.8, 4) is 10.6 Å². The Kier molecular flexibility index (Phi) is 4.44. The van der Waals surface area contributed by atoms with Crippen LogP contribution in [0.15, 0.2) is 66.7 Å². The summed E-state index contributed by atoms with van der Waals surface area (Å²) in [4.78, 5) is 17.5. The monoisotopic (exact) mass is 398 g/mol. The second kappa shape index (κ2) is 7.12.